The van der Waals surface area contributed by atoms with Gasteiger partial charge in [-0.05, 0) is 6.07 Å². The van der Waals surface area contributed by atoms with Crippen LogP contribution in [0.4, 0.5) is 4.39 Å². The second-order valence-electron chi connectivity index (χ2n) is 4.26. The summed E-state index contributed by atoms with van der Waals surface area (Å²) in [5, 5.41) is 0. The van der Waals surface area contributed by atoms with E-state index < -0.39 is 0 Å². The molecule has 1 unspecified atom stereocenters. The Morgan fingerprint density at radius 3 is 3.00 bits per heavy atom. The Morgan fingerprint density at radius 1 is 1.50 bits per heavy atom. The summed E-state index contributed by atoms with van der Waals surface area (Å²) in [6, 6.07) is 6.50. The molecule has 0 bridgehead atoms. The number of hydrogen-bond donors (Lipinski definition) is 1. The van der Waals surface area contributed by atoms with Crippen LogP contribution >= 0.6 is 0 Å². The highest BCUT2D eigenvalue weighted by atomic mass is 19.1. The van der Waals surface area contributed by atoms with E-state index in [-0.39, 0.29) is 17.8 Å². The van der Waals surface area contributed by atoms with Crippen molar-refractivity contribution in [2.75, 3.05) is 26.2 Å². The minimum Gasteiger partial charge on any atom is -0.370 e. The van der Waals surface area contributed by atoms with E-state index in [0.717, 1.165) is 0 Å². The highest BCUT2D eigenvalue weighted by Crippen LogP contribution is 2.24. The van der Waals surface area contributed by atoms with Crippen LogP contribution in [0, 0.1) is 5.82 Å². The van der Waals surface area contributed by atoms with Crippen molar-refractivity contribution in [2.45, 2.75) is 12.5 Å². The molecule has 18 heavy (non-hydrogen) atoms. The number of hydrogen-bond acceptors (Lipinski definition) is 3. The standard InChI is InChI=1S/C13H17FN2O2/c14-11-4-2-1-3-10(11)12-9-16(7-8-18-12)13(17)5-6-15/h1-4,12H,5-9,15H2. The topological polar surface area (TPSA) is 55.6 Å². The van der Waals surface area contributed by atoms with Gasteiger partial charge in [-0.25, -0.2) is 4.39 Å². The largest absolute Gasteiger partial charge is 0.370 e. The molecule has 1 fully saturated rings. The van der Waals surface area contributed by atoms with Crippen LogP contribution in [0.1, 0.15) is 18.1 Å². The van der Waals surface area contributed by atoms with Gasteiger partial charge in [0.15, 0.2) is 0 Å². The lowest BCUT2D eigenvalue weighted by atomic mass is 10.1. The Labute approximate surface area is 106 Å². The summed E-state index contributed by atoms with van der Waals surface area (Å²) in [7, 11) is 0. The first-order valence-corrected chi connectivity index (χ1v) is 6.06. The Kier molecular flexibility index (Phi) is 4.28. The fourth-order valence-corrected chi connectivity index (χ4v) is 2.08. The van der Waals surface area contributed by atoms with Gasteiger partial charge in [-0.1, -0.05) is 18.2 Å². The van der Waals surface area contributed by atoms with Gasteiger partial charge in [-0.2, -0.15) is 0 Å². The molecule has 1 atom stereocenters. The van der Waals surface area contributed by atoms with Crippen molar-refractivity contribution in [3.63, 3.8) is 0 Å². The average Bonchev–Trinajstić information content (AvgIpc) is 2.40. The zero-order valence-corrected chi connectivity index (χ0v) is 10.1. The minimum atomic E-state index is -0.387. The number of nitrogens with zero attached hydrogens (tertiary/aromatic N) is 1. The maximum atomic E-state index is 13.6. The number of ether oxygens (including phenoxy) is 1. The van der Waals surface area contributed by atoms with Gasteiger partial charge in [-0.15, -0.1) is 0 Å². The Bertz CT molecular complexity index is 425. The van der Waals surface area contributed by atoms with Crippen molar-refractivity contribution >= 4 is 5.91 Å². The van der Waals surface area contributed by atoms with Gasteiger partial charge < -0.3 is 15.4 Å². The Hall–Kier alpha value is -1.46. The summed E-state index contributed by atoms with van der Waals surface area (Å²) >= 11 is 0. The first-order chi connectivity index (χ1) is 8.72. The molecule has 4 nitrogen and oxygen atoms in total. The normalized spacial score (nSPS) is 19.9. The summed E-state index contributed by atoms with van der Waals surface area (Å²) in [4.78, 5) is 13.4. The molecule has 2 rings (SSSR count). The minimum absolute atomic E-state index is 0.00198. The number of halogens is 1. The van der Waals surface area contributed by atoms with Crippen molar-refractivity contribution in [3.8, 4) is 0 Å². The highest BCUT2D eigenvalue weighted by Gasteiger charge is 2.26. The van der Waals surface area contributed by atoms with E-state index in [1.807, 2.05) is 0 Å². The number of benzene rings is 1. The molecule has 0 saturated carbocycles. The number of carbonyl (C=O) groups is 1. The molecule has 5 heteroatoms. The second kappa shape index (κ2) is 5.93. The van der Waals surface area contributed by atoms with Crippen LogP contribution in [0.25, 0.3) is 0 Å². The first kappa shape index (κ1) is 13.0. The van der Waals surface area contributed by atoms with Gasteiger partial charge in [0.2, 0.25) is 5.91 Å². The third kappa shape index (κ3) is 2.86. The highest BCUT2D eigenvalue weighted by molar-refractivity contribution is 5.76. The van der Waals surface area contributed by atoms with Crippen LogP contribution < -0.4 is 5.73 Å². The molecule has 1 heterocycles. The molecule has 0 radical (unpaired) electrons. The van der Waals surface area contributed by atoms with E-state index in [4.69, 9.17) is 10.5 Å². The third-order valence-corrected chi connectivity index (χ3v) is 3.03. The monoisotopic (exact) mass is 252 g/mol. The zero-order chi connectivity index (χ0) is 13.0. The Balaban J connectivity index is 2.07. The lowest BCUT2D eigenvalue weighted by Crippen LogP contribution is -2.43. The van der Waals surface area contributed by atoms with Crippen LogP contribution in [0.5, 0.6) is 0 Å². The molecule has 1 aliphatic heterocycles. The van der Waals surface area contributed by atoms with Crippen LogP contribution in [-0.4, -0.2) is 37.0 Å². The van der Waals surface area contributed by atoms with Gasteiger partial charge in [0, 0.05) is 25.1 Å². The number of carbonyl (C=O) groups excluding carboxylic acids is 1. The maximum absolute atomic E-state index is 13.6. The van der Waals surface area contributed by atoms with Gasteiger partial charge >= 0.3 is 0 Å². The zero-order valence-electron chi connectivity index (χ0n) is 10.1. The molecule has 1 amide bonds. The van der Waals surface area contributed by atoms with Crippen molar-refractivity contribution < 1.29 is 13.9 Å². The summed E-state index contributed by atoms with van der Waals surface area (Å²) in [6.45, 7) is 1.69. The molecule has 0 spiro atoms. The average molecular weight is 252 g/mol. The molecule has 1 aliphatic rings. The molecule has 0 aromatic heterocycles. The van der Waals surface area contributed by atoms with E-state index >= 15 is 0 Å². The van der Waals surface area contributed by atoms with E-state index in [1.54, 1.807) is 23.1 Å². The lowest BCUT2D eigenvalue weighted by molar-refractivity contribution is -0.138. The van der Waals surface area contributed by atoms with Crippen molar-refractivity contribution in [1.82, 2.24) is 4.90 Å². The van der Waals surface area contributed by atoms with Crippen LogP contribution in [0.2, 0.25) is 0 Å². The predicted octanol–water partition coefficient (Wildman–Crippen LogP) is 1.07. The van der Waals surface area contributed by atoms with E-state index in [1.165, 1.54) is 6.07 Å². The maximum Gasteiger partial charge on any atom is 0.224 e. The number of nitrogens with two attached hydrogens (primary N) is 1. The van der Waals surface area contributed by atoms with Gasteiger partial charge in [0.1, 0.15) is 11.9 Å². The molecule has 98 valence electrons. The third-order valence-electron chi connectivity index (χ3n) is 3.03. The van der Waals surface area contributed by atoms with Crippen molar-refractivity contribution in [2.24, 2.45) is 5.73 Å². The summed E-state index contributed by atoms with van der Waals surface area (Å²) in [5.41, 5.74) is 5.87. The quantitative estimate of drug-likeness (QED) is 0.875. The van der Waals surface area contributed by atoms with Crippen molar-refractivity contribution in [1.29, 1.82) is 0 Å². The molecule has 1 aromatic carbocycles. The van der Waals surface area contributed by atoms with Gasteiger partial charge in [0.25, 0.3) is 0 Å². The molecular weight excluding hydrogens is 235 g/mol. The Morgan fingerprint density at radius 2 is 2.28 bits per heavy atom. The number of rotatable bonds is 3. The van der Waals surface area contributed by atoms with E-state index in [2.05, 4.69) is 0 Å². The van der Waals surface area contributed by atoms with E-state index in [0.29, 0.717) is 38.2 Å². The van der Waals surface area contributed by atoms with Gasteiger partial charge in [-0.3, -0.25) is 4.79 Å². The van der Waals surface area contributed by atoms with Crippen LogP contribution in [0.3, 0.4) is 0 Å². The molecule has 0 aliphatic carbocycles. The SMILES string of the molecule is NCCC(=O)N1CCOC(c2ccccc2F)C1. The molecule has 1 aromatic rings. The summed E-state index contributed by atoms with van der Waals surface area (Å²) < 4.78 is 19.2. The summed E-state index contributed by atoms with van der Waals surface area (Å²) in [6.07, 6.45) is -0.0639. The molecular formula is C13H17FN2O2. The molecule has 2 N–H and O–H groups in total. The van der Waals surface area contributed by atoms with Crippen LogP contribution in [-0.2, 0) is 9.53 Å². The van der Waals surface area contributed by atoms with Gasteiger partial charge in [0.05, 0.1) is 13.2 Å². The fraction of sp³-hybridized carbons (Fsp3) is 0.462. The smallest absolute Gasteiger partial charge is 0.224 e. The first-order valence-electron chi connectivity index (χ1n) is 6.06. The number of amides is 1. The predicted molar refractivity (Wildman–Crippen MR) is 65.3 cm³/mol. The lowest BCUT2D eigenvalue weighted by Gasteiger charge is -2.33. The summed E-state index contributed by atoms with van der Waals surface area (Å²) in [5.74, 6) is -0.294. The molecule has 1 saturated heterocycles. The van der Waals surface area contributed by atoms with Crippen molar-refractivity contribution in [3.05, 3.63) is 35.6 Å². The van der Waals surface area contributed by atoms with Crippen LogP contribution in [0.15, 0.2) is 24.3 Å². The fourth-order valence-electron chi connectivity index (χ4n) is 2.08. The van der Waals surface area contributed by atoms with E-state index in [9.17, 15) is 9.18 Å². The second-order valence-corrected chi connectivity index (χ2v) is 4.26. The number of morpholine rings is 1.